The molecule has 0 saturated carbocycles. The average Bonchev–Trinajstić information content (AvgIpc) is 3.27. The maximum Gasteiger partial charge on any atom is 0.232 e. The number of hydrogen-bond donors (Lipinski definition) is 3. The summed E-state index contributed by atoms with van der Waals surface area (Å²) in [6.07, 6.45) is 1.84. The first-order valence-corrected chi connectivity index (χ1v) is 12.5. The summed E-state index contributed by atoms with van der Waals surface area (Å²) in [6, 6.07) is 16.2. The van der Waals surface area contributed by atoms with E-state index in [-0.39, 0.29) is 0 Å². The summed E-state index contributed by atoms with van der Waals surface area (Å²) in [7, 11) is 0. The Labute approximate surface area is 198 Å². The minimum Gasteiger partial charge on any atom is -0.378 e. The van der Waals surface area contributed by atoms with Gasteiger partial charge in [0.25, 0.3) is 0 Å². The minimum atomic E-state index is -2.02. The topological polar surface area (TPSA) is 99.6 Å². The second-order valence-electron chi connectivity index (χ2n) is 7.59. The van der Waals surface area contributed by atoms with Crippen molar-refractivity contribution < 1.29 is 13.5 Å². The first-order valence-electron chi connectivity index (χ1n) is 10.5. The second kappa shape index (κ2) is 9.94. The highest BCUT2D eigenvalue weighted by molar-refractivity contribution is 7.77. The molecule has 1 saturated heterocycles. The molecule has 5 rings (SSSR count). The highest BCUT2D eigenvalue weighted by Crippen LogP contribution is 2.33. The molecule has 0 aliphatic carbocycles. The van der Waals surface area contributed by atoms with Gasteiger partial charge in [0.1, 0.15) is 0 Å². The zero-order valence-electron chi connectivity index (χ0n) is 17.7. The van der Waals surface area contributed by atoms with Crippen molar-refractivity contribution in [2.24, 2.45) is 0 Å². The second-order valence-corrected chi connectivity index (χ2v) is 9.29. The highest BCUT2D eigenvalue weighted by Gasteiger charge is 2.12. The molecule has 0 bridgehead atoms. The van der Waals surface area contributed by atoms with Crippen LogP contribution in [-0.2, 0) is 22.5 Å². The van der Waals surface area contributed by atoms with Crippen LogP contribution in [0.4, 0.5) is 17.3 Å². The molecule has 1 aliphatic heterocycles. The van der Waals surface area contributed by atoms with E-state index < -0.39 is 11.3 Å². The van der Waals surface area contributed by atoms with Crippen molar-refractivity contribution in [3.63, 3.8) is 0 Å². The van der Waals surface area contributed by atoms with E-state index in [0.717, 1.165) is 58.9 Å². The number of hydrogen-bond acceptors (Lipinski definition) is 7. The molecule has 0 radical (unpaired) electrons. The van der Waals surface area contributed by atoms with Crippen LogP contribution in [0.1, 0.15) is 5.56 Å². The van der Waals surface area contributed by atoms with Crippen LogP contribution in [0, 0.1) is 0 Å². The molecule has 8 nitrogen and oxygen atoms in total. The monoisotopic (exact) mass is 481 g/mol. The van der Waals surface area contributed by atoms with Gasteiger partial charge in [0.05, 0.1) is 29.6 Å². The summed E-state index contributed by atoms with van der Waals surface area (Å²) in [6.45, 7) is 3.67. The first kappa shape index (κ1) is 21.9. The lowest BCUT2D eigenvalue weighted by atomic mass is 10.1. The van der Waals surface area contributed by atoms with Gasteiger partial charge in [-0.2, -0.15) is 0 Å². The van der Waals surface area contributed by atoms with Crippen LogP contribution >= 0.6 is 11.3 Å². The van der Waals surface area contributed by atoms with E-state index in [2.05, 4.69) is 37.4 Å². The summed E-state index contributed by atoms with van der Waals surface area (Å²) >= 11 is -0.416. The molecule has 1 unspecified atom stereocenters. The number of rotatable bonds is 7. The largest absolute Gasteiger partial charge is 0.378 e. The Hall–Kier alpha value is -2.89. The zero-order chi connectivity index (χ0) is 22.6. The van der Waals surface area contributed by atoms with Crippen molar-refractivity contribution in [3.05, 3.63) is 65.7 Å². The normalized spacial score (nSPS) is 15.0. The lowest BCUT2D eigenvalue weighted by molar-refractivity contribution is 0.122. The van der Waals surface area contributed by atoms with E-state index in [1.807, 2.05) is 42.6 Å². The maximum absolute atomic E-state index is 10.8. The Bertz CT molecular complexity index is 1260. The molecule has 0 amide bonds. The standard InChI is InChI=1S/C23H23N5O3S2/c29-33(30)25-13-16-1-3-17(4-2-16)20-15-32-21-14-24-23(27-22(20)21)26-18-5-7-19(8-6-18)28-9-11-31-12-10-28/h1-8,14-15,25H,9-13H2,(H,29,30)(H,24,26,27). The van der Waals surface area contributed by atoms with Gasteiger partial charge in [-0.3, -0.25) is 4.55 Å². The third kappa shape index (κ3) is 5.21. The fourth-order valence-electron chi connectivity index (χ4n) is 3.75. The molecule has 170 valence electrons. The first-order chi connectivity index (χ1) is 16.2. The minimum absolute atomic E-state index is 0.328. The molecule has 2 aromatic heterocycles. The van der Waals surface area contributed by atoms with Crippen LogP contribution < -0.4 is 14.9 Å². The van der Waals surface area contributed by atoms with Gasteiger partial charge >= 0.3 is 0 Å². The Balaban J connectivity index is 1.33. The number of nitrogens with one attached hydrogen (secondary N) is 2. The van der Waals surface area contributed by atoms with Gasteiger partial charge in [0.2, 0.25) is 17.2 Å². The molecule has 3 N–H and O–H groups in total. The van der Waals surface area contributed by atoms with Crippen molar-refractivity contribution in [1.82, 2.24) is 14.7 Å². The van der Waals surface area contributed by atoms with Gasteiger partial charge < -0.3 is 15.0 Å². The zero-order valence-corrected chi connectivity index (χ0v) is 19.4. The fraction of sp³-hybridized carbons (Fsp3) is 0.217. The molecule has 3 heterocycles. The number of ether oxygens (including phenoxy) is 1. The van der Waals surface area contributed by atoms with Gasteiger partial charge in [0.15, 0.2) is 0 Å². The van der Waals surface area contributed by atoms with E-state index in [1.165, 1.54) is 5.69 Å². The van der Waals surface area contributed by atoms with Gasteiger partial charge in [0, 0.05) is 42.0 Å². The summed E-state index contributed by atoms with van der Waals surface area (Å²) in [5.41, 5.74) is 6.01. The molecule has 1 aliphatic rings. The van der Waals surface area contributed by atoms with Crippen molar-refractivity contribution in [3.8, 4) is 11.1 Å². The van der Waals surface area contributed by atoms with Crippen LogP contribution in [-0.4, -0.2) is 45.0 Å². The average molecular weight is 482 g/mol. The van der Waals surface area contributed by atoms with Gasteiger partial charge in [-0.25, -0.2) is 18.9 Å². The number of thiophene rings is 1. The lowest BCUT2D eigenvalue weighted by Gasteiger charge is -2.28. The Morgan fingerprint density at radius 3 is 2.58 bits per heavy atom. The summed E-state index contributed by atoms with van der Waals surface area (Å²) in [5, 5.41) is 5.39. The van der Waals surface area contributed by atoms with Crippen LogP contribution in [0.3, 0.4) is 0 Å². The molecular formula is C23H23N5O3S2. The van der Waals surface area contributed by atoms with Crippen molar-refractivity contribution in [1.29, 1.82) is 0 Å². The summed E-state index contributed by atoms with van der Waals surface area (Å²) < 4.78 is 28.6. The van der Waals surface area contributed by atoms with Crippen molar-refractivity contribution in [2.75, 3.05) is 36.5 Å². The molecule has 2 aromatic carbocycles. The predicted molar refractivity (Wildman–Crippen MR) is 133 cm³/mol. The number of benzene rings is 2. The third-order valence-corrected chi connectivity index (χ3v) is 6.78. The quantitative estimate of drug-likeness (QED) is 0.341. The molecular weight excluding hydrogens is 458 g/mol. The van der Waals surface area contributed by atoms with E-state index in [0.29, 0.717) is 12.5 Å². The Morgan fingerprint density at radius 2 is 1.85 bits per heavy atom. The Kier molecular flexibility index (Phi) is 6.60. The smallest absolute Gasteiger partial charge is 0.232 e. The predicted octanol–water partition coefficient (Wildman–Crippen LogP) is 4.16. The fourth-order valence-corrected chi connectivity index (χ4v) is 4.91. The lowest BCUT2D eigenvalue weighted by Crippen LogP contribution is -2.36. The molecule has 1 atom stereocenters. The Morgan fingerprint density at radius 1 is 1.09 bits per heavy atom. The molecule has 10 heteroatoms. The molecule has 4 aromatic rings. The summed E-state index contributed by atoms with van der Waals surface area (Å²) in [4.78, 5) is 11.6. The molecule has 0 spiro atoms. The number of nitrogens with zero attached hydrogens (tertiary/aromatic N) is 3. The van der Waals surface area contributed by atoms with E-state index in [4.69, 9.17) is 14.3 Å². The number of morpholine rings is 1. The number of anilines is 3. The maximum atomic E-state index is 10.8. The van der Waals surface area contributed by atoms with E-state index >= 15 is 0 Å². The molecule has 33 heavy (non-hydrogen) atoms. The van der Waals surface area contributed by atoms with Crippen molar-refractivity contribution in [2.45, 2.75) is 6.54 Å². The van der Waals surface area contributed by atoms with Gasteiger partial charge in [-0.15, -0.1) is 11.3 Å². The van der Waals surface area contributed by atoms with Crippen LogP contribution in [0.5, 0.6) is 0 Å². The van der Waals surface area contributed by atoms with E-state index in [1.54, 1.807) is 11.3 Å². The third-order valence-electron chi connectivity index (χ3n) is 5.48. The number of fused-ring (bicyclic) bond motifs is 1. The van der Waals surface area contributed by atoms with E-state index in [9.17, 15) is 4.21 Å². The molecule has 1 fully saturated rings. The van der Waals surface area contributed by atoms with Crippen molar-refractivity contribution >= 4 is 50.1 Å². The highest BCUT2D eigenvalue weighted by atomic mass is 32.2. The van der Waals surface area contributed by atoms with Crippen LogP contribution in [0.25, 0.3) is 21.3 Å². The SMILES string of the molecule is O=S(O)NCc1ccc(-c2csc3cnc(Nc4ccc(N5CCOCC5)cc4)nc23)cc1. The van der Waals surface area contributed by atoms with Gasteiger partial charge in [-0.1, -0.05) is 24.3 Å². The number of aromatic nitrogens is 2. The van der Waals surface area contributed by atoms with Crippen LogP contribution in [0.2, 0.25) is 0 Å². The van der Waals surface area contributed by atoms with Crippen LogP contribution in [0.15, 0.2) is 60.1 Å². The summed E-state index contributed by atoms with van der Waals surface area (Å²) in [5.74, 6) is 0.549. The van der Waals surface area contributed by atoms with Gasteiger partial charge in [-0.05, 0) is 35.4 Å².